The Morgan fingerprint density at radius 2 is 1.90 bits per heavy atom. The highest BCUT2D eigenvalue weighted by Crippen LogP contribution is 2.60. The van der Waals surface area contributed by atoms with Crippen molar-refractivity contribution in [1.29, 1.82) is 0 Å². The minimum Gasteiger partial charge on any atom is -0.461 e. The average Bonchev–Trinajstić information content (AvgIpc) is 2.68. The van der Waals surface area contributed by atoms with Gasteiger partial charge in [0.1, 0.15) is 11.1 Å². The summed E-state index contributed by atoms with van der Waals surface area (Å²) in [7, 11) is 0. The lowest BCUT2D eigenvalue weighted by molar-refractivity contribution is -0.151. The second-order valence-electron chi connectivity index (χ2n) is 5.84. The molecule has 2 aliphatic rings. The van der Waals surface area contributed by atoms with Crippen LogP contribution in [0.5, 0.6) is 0 Å². The molecular weight excluding hydrogens is 293 g/mol. The Hall–Kier alpha value is -0.970. The van der Waals surface area contributed by atoms with Gasteiger partial charge < -0.3 is 4.74 Å². The summed E-state index contributed by atoms with van der Waals surface area (Å²) in [6, 6.07) is 0. The number of esters is 1. The van der Waals surface area contributed by atoms with Gasteiger partial charge in [-0.05, 0) is 11.3 Å². The minimum absolute atomic E-state index is 0.179. The first-order valence-corrected chi connectivity index (χ1v) is 6.82. The van der Waals surface area contributed by atoms with Gasteiger partial charge in [0.25, 0.3) is 0 Å². The second kappa shape index (κ2) is 5.10. The van der Waals surface area contributed by atoms with Crippen LogP contribution in [0.15, 0.2) is 23.3 Å². The summed E-state index contributed by atoms with van der Waals surface area (Å²) in [6.45, 7) is 3.49. The third-order valence-electron chi connectivity index (χ3n) is 4.01. The molecule has 0 heterocycles. The van der Waals surface area contributed by atoms with E-state index in [0.29, 0.717) is 12.8 Å². The Balaban J connectivity index is 2.00. The molecule has 0 aromatic heterocycles. The van der Waals surface area contributed by atoms with E-state index >= 15 is 0 Å². The topological polar surface area (TPSA) is 26.3 Å². The molecule has 0 amide bonds. The molecule has 0 spiro atoms. The molecule has 2 nitrogen and oxygen atoms in total. The molecule has 20 heavy (non-hydrogen) atoms. The molecule has 0 radical (unpaired) electrons. The lowest BCUT2D eigenvalue weighted by Crippen LogP contribution is -2.18. The van der Waals surface area contributed by atoms with Gasteiger partial charge in [0, 0.05) is 12.8 Å². The first kappa shape index (κ1) is 15.4. The maximum Gasteiger partial charge on any atom is 0.426 e. The molecule has 0 bridgehead atoms. The number of ether oxygens (including phenoxy) is 1. The molecule has 112 valence electrons. The summed E-state index contributed by atoms with van der Waals surface area (Å²) in [5, 5.41) is -1.17. The average molecular weight is 309 g/mol. The fourth-order valence-corrected chi connectivity index (χ4v) is 2.75. The van der Waals surface area contributed by atoms with Gasteiger partial charge in [-0.1, -0.05) is 43.7 Å². The first-order valence-electron chi connectivity index (χ1n) is 6.44. The van der Waals surface area contributed by atoms with Gasteiger partial charge in [0.2, 0.25) is 0 Å². The van der Waals surface area contributed by atoms with Gasteiger partial charge in [-0.3, -0.25) is 4.79 Å². The number of carbonyl (C=O) groups is 1. The van der Waals surface area contributed by atoms with Crippen molar-refractivity contribution in [2.24, 2.45) is 17.3 Å². The second-order valence-corrected chi connectivity index (χ2v) is 6.25. The third-order valence-corrected chi connectivity index (χ3v) is 4.35. The normalized spacial score (nSPS) is 29.6. The molecule has 6 heteroatoms. The smallest absolute Gasteiger partial charge is 0.426 e. The molecule has 0 aromatic rings. The molecule has 2 atom stereocenters. The third kappa shape index (κ3) is 3.03. The van der Waals surface area contributed by atoms with Crippen LogP contribution in [-0.2, 0) is 9.53 Å². The molecule has 0 aliphatic heterocycles. The Bertz CT molecular complexity index is 458. The molecule has 0 aromatic carbocycles. The van der Waals surface area contributed by atoms with Gasteiger partial charge in [-0.15, -0.1) is 0 Å². The van der Waals surface area contributed by atoms with Crippen molar-refractivity contribution in [2.45, 2.75) is 39.0 Å². The summed E-state index contributed by atoms with van der Waals surface area (Å²) >= 11 is 5.23. The van der Waals surface area contributed by atoms with Crippen molar-refractivity contribution in [3.8, 4) is 0 Å². The highest BCUT2D eigenvalue weighted by Gasteiger charge is 2.62. The summed E-state index contributed by atoms with van der Waals surface area (Å²) in [6.07, 6.45) is 1.37. The van der Waals surface area contributed by atoms with Crippen LogP contribution in [0.1, 0.15) is 26.7 Å². The maximum absolute atomic E-state index is 12.4. The van der Waals surface area contributed by atoms with E-state index in [4.69, 9.17) is 16.3 Å². The van der Waals surface area contributed by atoms with E-state index in [1.165, 1.54) is 0 Å². The Morgan fingerprint density at radius 3 is 2.40 bits per heavy atom. The van der Waals surface area contributed by atoms with Crippen LogP contribution in [0.4, 0.5) is 13.2 Å². The van der Waals surface area contributed by atoms with Crippen LogP contribution in [0, 0.1) is 17.3 Å². The molecule has 2 rings (SSSR count). The fraction of sp³-hybridized carbons (Fsp3) is 0.643. The van der Waals surface area contributed by atoms with Gasteiger partial charge in [-0.2, -0.15) is 13.2 Å². The summed E-state index contributed by atoms with van der Waals surface area (Å²) < 4.78 is 42.6. The first-order chi connectivity index (χ1) is 9.14. The minimum atomic E-state index is -4.57. The zero-order valence-corrected chi connectivity index (χ0v) is 12.0. The van der Waals surface area contributed by atoms with Crippen LogP contribution in [0.3, 0.4) is 0 Å². The SMILES string of the molecule is CC1(C)[C@H](C=C(Cl)C(F)(F)F)[C@@H]1C(=O)OC1CC=CC1. The highest BCUT2D eigenvalue weighted by molar-refractivity contribution is 6.30. The number of hydrogen-bond acceptors (Lipinski definition) is 2. The largest absolute Gasteiger partial charge is 0.461 e. The lowest BCUT2D eigenvalue weighted by atomic mass is 10.1. The molecule has 1 fully saturated rings. The molecule has 1 saturated carbocycles. The predicted molar refractivity (Wildman–Crippen MR) is 69.0 cm³/mol. The Labute approximate surface area is 120 Å². The van der Waals surface area contributed by atoms with Gasteiger partial charge in [0.05, 0.1) is 5.92 Å². The van der Waals surface area contributed by atoms with E-state index < -0.39 is 34.4 Å². The van der Waals surface area contributed by atoms with Crippen molar-refractivity contribution in [3.05, 3.63) is 23.3 Å². The number of halogens is 4. The highest BCUT2D eigenvalue weighted by atomic mass is 35.5. The van der Waals surface area contributed by atoms with E-state index in [0.717, 1.165) is 6.08 Å². The number of rotatable bonds is 3. The Morgan fingerprint density at radius 1 is 1.35 bits per heavy atom. The fourth-order valence-electron chi connectivity index (χ4n) is 2.62. The lowest BCUT2D eigenvalue weighted by Gasteiger charge is -2.11. The molecule has 0 unspecified atom stereocenters. The van der Waals surface area contributed by atoms with Gasteiger partial charge in [0.15, 0.2) is 0 Å². The summed E-state index contributed by atoms with van der Waals surface area (Å²) in [5.74, 6) is -1.52. The van der Waals surface area contributed by atoms with E-state index in [1.807, 2.05) is 12.2 Å². The molecular formula is C14H16ClF3O2. The van der Waals surface area contributed by atoms with Crippen molar-refractivity contribution in [2.75, 3.05) is 0 Å². The van der Waals surface area contributed by atoms with Crippen LogP contribution < -0.4 is 0 Å². The number of alkyl halides is 3. The number of hydrogen-bond donors (Lipinski definition) is 0. The standard InChI is InChI=1S/C14H16ClF3O2/c1-13(2)9(7-10(15)14(16,17)18)11(13)12(19)20-8-5-3-4-6-8/h3-4,7-9,11H,5-6H2,1-2H3/t9-,11-/m1/s1. The summed E-state index contributed by atoms with van der Waals surface area (Å²) in [5.41, 5.74) is -0.547. The zero-order valence-electron chi connectivity index (χ0n) is 11.2. The van der Waals surface area contributed by atoms with Crippen LogP contribution >= 0.6 is 11.6 Å². The van der Waals surface area contributed by atoms with Crippen LogP contribution in [0.25, 0.3) is 0 Å². The van der Waals surface area contributed by atoms with Crippen molar-refractivity contribution >= 4 is 17.6 Å². The monoisotopic (exact) mass is 308 g/mol. The number of allylic oxidation sites excluding steroid dienone is 2. The predicted octanol–water partition coefficient (Wildman–Crippen LogP) is 4.21. The molecule has 0 saturated heterocycles. The quantitative estimate of drug-likeness (QED) is 0.577. The van der Waals surface area contributed by atoms with Crippen molar-refractivity contribution in [3.63, 3.8) is 0 Å². The Kier molecular flexibility index (Phi) is 3.93. The van der Waals surface area contributed by atoms with Crippen molar-refractivity contribution in [1.82, 2.24) is 0 Å². The van der Waals surface area contributed by atoms with Crippen molar-refractivity contribution < 1.29 is 22.7 Å². The number of carbonyl (C=O) groups excluding carboxylic acids is 1. The van der Waals surface area contributed by atoms with E-state index in [2.05, 4.69) is 0 Å². The summed E-state index contributed by atoms with van der Waals surface area (Å²) in [4.78, 5) is 12.0. The van der Waals surface area contributed by atoms with E-state index in [-0.39, 0.29) is 6.10 Å². The van der Waals surface area contributed by atoms with E-state index in [1.54, 1.807) is 13.8 Å². The van der Waals surface area contributed by atoms with Crippen LogP contribution in [0.2, 0.25) is 0 Å². The molecule has 2 aliphatic carbocycles. The maximum atomic E-state index is 12.4. The molecule has 0 N–H and O–H groups in total. The van der Waals surface area contributed by atoms with Crippen LogP contribution in [-0.4, -0.2) is 18.2 Å². The van der Waals surface area contributed by atoms with Gasteiger partial charge >= 0.3 is 12.1 Å². The van der Waals surface area contributed by atoms with Gasteiger partial charge in [-0.25, -0.2) is 0 Å². The van der Waals surface area contributed by atoms with E-state index in [9.17, 15) is 18.0 Å². The zero-order chi connectivity index (χ0) is 15.1.